The van der Waals surface area contributed by atoms with Crippen LogP contribution >= 0.6 is 12.4 Å². The second-order valence-electron chi connectivity index (χ2n) is 4.51. The summed E-state index contributed by atoms with van der Waals surface area (Å²) >= 11 is 0. The lowest BCUT2D eigenvalue weighted by molar-refractivity contribution is -0.384. The van der Waals surface area contributed by atoms with Gasteiger partial charge in [0.1, 0.15) is 0 Å². The molecule has 0 amide bonds. The fraction of sp³-hybridized carbons (Fsp3) is 0.455. The van der Waals surface area contributed by atoms with Crippen molar-refractivity contribution in [2.45, 2.75) is 11.8 Å². The van der Waals surface area contributed by atoms with Crippen molar-refractivity contribution in [1.82, 2.24) is 9.62 Å². The number of hydrogen-bond donors (Lipinski definition) is 1. The van der Waals surface area contributed by atoms with Gasteiger partial charge in [0.25, 0.3) is 5.69 Å². The van der Waals surface area contributed by atoms with Crippen molar-refractivity contribution in [3.05, 3.63) is 39.9 Å². The van der Waals surface area contributed by atoms with Crippen LogP contribution in [0.4, 0.5) is 5.69 Å². The number of likely N-dealkylation sites (N-methyl/N-ethyl adjacent to an activating group) is 1. The van der Waals surface area contributed by atoms with Crippen LogP contribution in [-0.4, -0.2) is 43.8 Å². The molecule has 1 aromatic carbocycles. The van der Waals surface area contributed by atoms with Crippen LogP contribution in [0.1, 0.15) is 5.56 Å². The van der Waals surface area contributed by atoms with Crippen molar-refractivity contribution in [1.29, 1.82) is 0 Å². The number of nitro groups is 1. The first kappa shape index (κ1) is 16.8. The van der Waals surface area contributed by atoms with E-state index < -0.39 is 14.9 Å². The maximum atomic E-state index is 12.1. The summed E-state index contributed by atoms with van der Waals surface area (Å²) in [6, 6.07) is 5.58. The molecule has 1 aromatic rings. The molecule has 1 N–H and O–H groups in total. The summed E-state index contributed by atoms with van der Waals surface area (Å²) in [5.41, 5.74) is 0.502. The molecule has 0 atom stereocenters. The summed E-state index contributed by atoms with van der Waals surface area (Å²) in [4.78, 5) is 10.0. The maximum absolute atomic E-state index is 12.1. The van der Waals surface area contributed by atoms with Crippen molar-refractivity contribution < 1.29 is 13.3 Å². The molecule has 1 aliphatic heterocycles. The van der Waals surface area contributed by atoms with Gasteiger partial charge in [-0.2, -0.15) is 4.31 Å². The average Bonchev–Trinajstić information content (AvgIpc) is 2.26. The highest BCUT2D eigenvalue weighted by Crippen LogP contribution is 2.17. The summed E-state index contributed by atoms with van der Waals surface area (Å²) in [5.74, 6) is -0.141. The SMILES string of the molecule is CN(C1CNC1)S(=O)(=O)Cc1ccc([N+](=O)[O-])cc1.Cl. The maximum Gasteiger partial charge on any atom is 0.269 e. The van der Waals surface area contributed by atoms with Crippen LogP contribution in [0.25, 0.3) is 0 Å². The zero-order valence-corrected chi connectivity index (χ0v) is 12.5. The number of rotatable bonds is 5. The van der Waals surface area contributed by atoms with Gasteiger partial charge in [0.15, 0.2) is 0 Å². The quantitative estimate of drug-likeness (QED) is 0.638. The van der Waals surface area contributed by atoms with E-state index in [1.807, 2.05) is 0 Å². The third-order valence-electron chi connectivity index (χ3n) is 3.21. The lowest BCUT2D eigenvalue weighted by Gasteiger charge is -2.34. The number of hydrogen-bond acceptors (Lipinski definition) is 5. The van der Waals surface area contributed by atoms with Gasteiger partial charge in [0.05, 0.1) is 10.7 Å². The number of benzene rings is 1. The predicted octanol–water partition coefficient (Wildman–Crippen LogP) is 0.750. The largest absolute Gasteiger partial charge is 0.313 e. The standard InChI is InChI=1S/C11H15N3O4S.ClH/c1-13(11-6-12-7-11)19(17,18)8-9-2-4-10(5-3-9)14(15)16;/h2-5,11-12H,6-8H2,1H3;1H. The van der Waals surface area contributed by atoms with Crippen molar-refractivity contribution in [3.8, 4) is 0 Å². The number of sulfonamides is 1. The first-order valence-electron chi connectivity index (χ1n) is 5.80. The molecule has 0 unspecified atom stereocenters. The molecule has 1 fully saturated rings. The highest BCUT2D eigenvalue weighted by atomic mass is 35.5. The summed E-state index contributed by atoms with van der Waals surface area (Å²) in [6.45, 7) is 1.33. The van der Waals surface area contributed by atoms with E-state index in [0.717, 1.165) is 0 Å². The lowest BCUT2D eigenvalue weighted by atomic mass is 10.2. The highest BCUT2D eigenvalue weighted by molar-refractivity contribution is 7.88. The zero-order chi connectivity index (χ0) is 14.0. The van der Waals surface area contributed by atoms with Crippen molar-refractivity contribution in [3.63, 3.8) is 0 Å². The third kappa shape index (κ3) is 3.66. The molecule has 0 radical (unpaired) electrons. The van der Waals surface area contributed by atoms with Gasteiger partial charge in [-0.25, -0.2) is 8.42 Å². The molecule has 112 valence electrons. The molecule has 20 heavy (non-hydrogen) atoms. The van der Waals surface area contributed by atoms with Gasteiger partial charge in [-0.15, -0.1) is 12.4 Å². The summed E-state index contributed by atoms with van der Waals surface area (Å²) in [5, 5.41) is 13.5. The van der Waals surface area contributed by atoms with E-state index in [1.165, 1.54) is 28.6 Å². The normalized spacial score (nSPS) is 15.5. The molecule has 0 saturated carbocycles. The number of nitro benzene ring substituents is 1. The van der Waals surface area contributed by atoms with E-state index in [1.54, 1.807) is 7.05 Å². The summed E-state index contributed by atoms with van der Waals surface area (Å²) in [7, 11) is -1.82. The minimum absolute atomic E-state index is 0. The van der Waals surface area contributed by atoms with E-state index in [-0.39, 0.29) is 29.9 Å². The monoisotopic (exact) mass is 321 g/mol. The fourth-order valence-electron chi connectivity index (χ4n) is 1.78. The van der Waals surface area contributed by atoms with Crippen LogP contribution in [0, 0.1) is 10.1 Å². The zero-order valence-electron chi connectivity index (χ0n) is 10.9. The van der Waals surface area contributed by atoms with E-state index in [9.17, 15) is 18.5 Å². The minimum Gasteiger partial charge on any atom is -0.313 e. The number of nitrogens with one attached hydrogen (secondary N) is 1. The van der Waals surface area contributed by atoms with Gasteiger partial charge < -0.3 is 5.32 Å². The Balaban J connectivity index is 0.00000200. The topological polar surface area (TPSA) is 92.6 Å². The molecule has 1 aliphatic rings. The summed E-state index contributed by atoms with van der Waals surface area (Å²) in [6.07, 6.45) is 0. The first-order chi connectivity index (χ1) is 8.90. The van der Waals surface area contributed by atoms with Gasteiger partial charge in [-0.3, -0.25) is 10.1 Å². The molecule has 0 bridgehead atoms. The Hall–Kier alpha value is -1.22. The Bertz CT molecular complexity index is 572. The van der Waals surface area contributed by atoms with Crippen LogP contribution in [-0.2, 0) is 15.8 Å². The van der Waals surface area contributed by atoms with Crippen LogP contribution < -0.4 is 5.32 Å². The Morgan fingerprint density at radius 3 is 2.30 bits per heavy atom. The smallest absolute Gasteiger partial charge is 0.269 e. The molecule has 9 heteroatoms. The summed E-state index contributed by atoms with van der Waals surface area (Å²) < 4.78 is 25.6. The molecular formula is C11H16ClN3O4S. The van der Waals surface area contributed by atoms with E-state index in [0.29, 0.717) is 18.7 Å². The highest BCUT2D eigenvalue weighted by Gasteiger charge is 2.30. The first-order valence-corrected chi connectivity index (χ1v) is 7.41. The van der Waals surface area contributed by atoms with Gasteiger partial charge in [0.2, 0.25) is 10.0 Å². The predicted molar refractivity (Wildman–Crippen MR) is 77.4 cm³/mol. The van der Waals surface area contributed by atoms with Gasteiger partial charge in [-0.1, -0.05) is 12.1 Å². The molecule has 0 spiro atoms. The van der Waals surface area contributed by atoms with Crippen LogP contribution in [0.2, 0.25) is 0 Å². The third-order valence-corrected chi connectivity index (χ3v) is 5.08. The second kappa shape index (κ2) is 6.49. The molecule has 7 nitrogen and oxygen atoms in total. The van der Waals surface area contributed by atoms with Gasteiger partial charge in [0, 0.05) is 38.3 Å². The molecule has 0 aromatic heterocycles. The Kier molecular flexibility index (Phi) is 5.46. The number of non-ortho nitro benzene ring substituents is 1. The fourth-order valence-corrected chi connectivity index (χ4v) is 3.20. The number of halogens is 1. The Labute approximate surface area is 123 Å². The lowest BCUT2D eigenvalue weighted by Crippen LogP contribution is -2.57. The van der Waals surface area contributed by atoms with E-state index >= 15 is 0 Å². The van der Waals surface area contributed by atoms with Crippen LogP contribution in [0.15, 0.2) is 24.3 Å². The second-order valence-corrected chi connectivity index (χ2v) is 6.54. The number of nitrogens with zero attached hydrogens (tertiary/aromatic N) is 2. The van der Waals surface area contributed by atoms with E-state index in [2.05, 4.69) is 5.32 Å². The molecule has 2 rings (SSSR count). The Morgan fingerprint density at radius 2 is 1.90 bits per heavy atom. The van der Waals surface area contributed by atoms with E-state index in [4.69, 9.17) is 0 Å². The van der Waals surface area contributed by atoms with Crippen LogP contribution in [0.3, 0.4) is 0 Å². The van der Waals surface area contributed by atoms with Crippen LogP contribution in [0.5, 0.6) is 0 Å². The van der Waals surface area contributed by atoms with Crippen molar-refractivity contribution in [2.24, 2.45) is 0 Å². The molecular weight excluding hydrogens is 306 g/mol. The van der Waals surface area contributed by atoms with Crippen molar-refractivity contribution in [2.75, 3.05) is 20.1 Å². The average molecular weight is 322 g/mol. The van der Waals surface area contributed by atoms with Gasteiger partial charge >= 0.3 is 0 Å². The van der Waals surface area contributed by atoms with Gasteiger partial charge in [-0.05, 0) is 5.56 Å². The minimum atomic E-state index is -3.38. The molecule has 1 saturated heterocycles. The molecule has 0 aliphatic carbocycles. The van der Waals surface area contributed by atoms with Crippen molar-refractivity contribution >= 4 is 28.1 Å². The molecule has 1 heterocycles. The Morgan fingerprint density at radius 1 is 1.35 bits per heavy atom.